The van der Waals surface area contributed by atoms with Crippen molar-refractivity contribution in [1.82, 2.24) is 16.0 Å². The number of carbonyl (C=O) groups is 4. The Morgan fingerprint density at radius 1 is 0.650 bits per heavy atom. The number of ether oxygens (including phenoxy) is 3. The molecule has 0 saturated heterocycles. The second-order valence-electron chi connectivity index (χ2n) is 15.9. The maximum absolute atomic E-state index is 13.3. The molecule has 0 bridgehead atoms. The van der Waals surface area contributed by atoms with E-state index in [4.69, 9.17) is 27.5 Å². The highest BCUT2D eigenvalue weighted by atomic mass is 28.4. The average molecular weight is 859 g/mol. The zero-order valence-corrected chi connectivity index (χ0v) is 38.3. The Morgan fingerprint density at radius 2 is 1.20 bits per heavy atom. The summed E-state index contributed by atoms with van der Waals surface area (Å²) in [7, 11) is -2.69. The number of hydrogen-bond acceptors (Lipinski definition) is 12. The second-order valence-corrected chi connectivity index (χ2v) is 18.7. The van der Waals surface area contributed by atoms with Gasteiger partial charge in [-0.3, -0.25) is 9.59 Å². The summed E-state index contributed by atoms with van der Waals surface area (Å²) in [6.07, 6.45) is 3.91. The molecule has 0 saturated carbocycles. The van der Waals surface area contributed by atoms with Gasteiger partial charge in [0.05, 0.1) is 18.0 Å². The number of nitrogens with zero attached hydrogens (tertiary/aromatic N) is 2. The van der Waals surface area contributed by atoms with Gasteiger partial charge in [0.15, 0.2) is 0 Å². The first-order valence-corrected chi connectivity index (χ1v) is 23.1. The Bertz CT molecular complexity index is 1580. The van der Waals surface area contributed by atoms with E-state index < -0.39 is 44.1 Å². The lowest BCUT2D eigenvalue weighted by Crippen LogP contribution is -2.46. The van der Waals surface area contributed by atoms with Gasteiger partial charge in [-0.05, 0) is 156 Å². The van der Waals surface area contributed by atoms with Gasteiger partial charge in [-0.2, -0.15) is 10.2 Å². The molecule has 0 spiro atoms. The largest absolute Gasteiger partial charge is 0.500 e. The number of rotatable bonds is 27. The maximum Gasteiger partial charge on any atom is 0.500 e. The number of nitrogens with one attached hydrogen (secondary N) is 4. The van der Waals surface area contributed by atoms with Crippen LogP contribution in [0.4, 0.5) is 26.7 Å². The molecule has 17 heteroatoms. The van der Waals surface area contributed by atoms with Crippen molar-refractivity contribution in [2.75, 3.05) is 44.8 Å². The van der Waals surface area contributed by atoms with Crippen molar-refractivity contribution in [2.24, 2.45) is 10.2 Å². The van der Waals surface area contributed by atoms with E-state index in [1.807, 2.05) is 45.0 Å². The van der Waals surface area contributed by atoms with Gasteiger partial charge in [-0.25, -0.2) is 9.59 Å². The summed E-state index contributed by atoms with van der Waals surface area (Å²) in [6, 6.07) is 13.9. The zero-order valence-electron chi connectivity index (χ0n) is 37.3. The molecule has 0 fully saturated rings. The van der Waals surface area contributed by atoms with Crippen LogP contribution >= 0.6 is 0 Å². The fourth-order valence-electron chi connectivity index (χ4n) is 5.64. The average Bonchev–Trinajstić information content (AvgIpc) is 3.16. The summed E-state index contributed by atoms with van der Waals surface area (Å²) in [5.41, 5.74) is 0.409. The van der Waals surface area contributed by atoms with Gasteiger partial charge in [0.1, 0.15) is 23.0 Å². The van der Waals surface area contributed by atoms with Crippen LogP contribution in [-0.2, 0) is 32.3 Å². The molecule has 0 heterocycles. The van der Waals surface area contributed by atoms with E-state index in [0.29, 0.717) is 88.3 Å². The lowest BCUT2D eigenvalue weighted by molar-refractivity contribution is -0.121. The standard InChI is InChI=1S/C43H70N6O10Si/c1-10-55-60(56-11-2,57-12-3)32-18-30-44-38(50)20-14-13-17-31-54-36-27-25-35(26-28-36)49-48-34-23-21-33(22-24-34)46-39(51)37(47-41(53)59-43(7,8)9)19-15-16-29-45-40(52)58-42(4,5)6/h21-28,37H,10-20,29-32H2,1-9H3,(H,44,50)(H,45,52)(H,46,51)(H,47,53). The quantitative estimate of drug-likeness (QED) is 0.0382. The fourth-order valence-corrected chi connectivity index (χ4v) is 8.25. The molecule has 60 heavy (non-hydrogen) atoms. The summed E-state index contributed by atoms with van der Waals surface area (Å²) < 4.78 is 34.1. The molecule has 1 unspecified atom stereocenters. The minimum Gasteiger partial charge on any atom is -0.494 e. The molecule has 2 aromatic carbocycles. The first-order valence-electron chi connectivity index (χ1n) is 21.2. The van der Waals surface area contributed by atoms with Crippen LogP contribution in [-0.4, -0.2) is 89.6 Å². The number of azo groups is 1. The summed E-state index contributed by atoms with van der Waals surface area (Å²) in [5, 5.41) is 19.8. The molecular weight excluding hydrogens is 789 g/mol. The second kappa shape index (κ2) is 27.3. The molecule has 0 aromatic heterocycles. The van der Waals surface area contributed by atoms with Crippen LogP contribution in [0.3, 0.4) is 0 Å². The van der Waals surface area contributed by atoms with E-state index in [1.165, 1.54) is 0 Å². The van der Waals surface area contributed by atoms with Gasteiger partial charge in [0.25, 0.3) is 0 Å². The van der Waals surface area contributed by atoms with Crippen molar-refractivity contribution < 1.29 is 46.7 Å². The van der Waals surface area contributed by atoms with Crippen LogP contribution in [0.25, 0.3) is 0 Å². The van der Waals surface area contributed by atoms with Crippen LogP contribution in [0.1, 0.15) is 114 Å². The van der Waals surface area contributed by atoms with Gasteiger partial charge in [0, 0.05) is 51.1 Å². The molecule has 0 radical (unpaired) electrons. The van der Waals surface area contributed by atoms with E-state index in [9.17, 15) is 19.2 Å². The van der Waals surface area contributed by atoms with E-state index in [1.54, 1.807) is 65.8 Å². The summed E-state index contributed by atoms with van der Waals surface area (Å²) in [6.45, 7) is 19.5. The highest BCUT2D eigenvalue weighted by Crippen LogP contribution is 2.23. The predicted octanol–water partition coefficient (Wildman–Crippen LogP) is 9.12. The van der Waals surface area contributed by atoms with E-state index in [2.05, 4.69) is 31.5 Å². The van der Waals surface area contributed by atoms with Crippen molar-refractivity contribution >= 4 is 49.9 Å². The Hall–Kier alpha value is -4.58. The van der Waals surface area contributed by atoms with Gasteiger partial charge in [0.2, 0.25) is 11.8 Å². The smallest absolute Gasteiger partial charge is 0.494 e. The van der Waals surface area contributed by atoms with Gasteiger partial charge in [-0.1, -0.05) is 0 Å². The normalized spacial score (nSPS) is 12.4. The van der Waals surface area contributed by atoms with Gasteiger partial charge in [-0.15, -0.1) is 0 Å². The number of alkyl carbamates (subject to hydrolysis) is 2. The van der Waals surface area contributed by atoms with Crippen molar-refractivity contribution in [2.45, 2.75) is 137 Å². The van der Waals surface area contributed by atoms with Gasteiger partial charge >= 0.3 is 21.0 Å². The molecular formula is C43H70N6O10Si. The van der Waals surface area contributed by atoms with E-state index in [-0.39, 0.29) is 5.91 Å². The van der Waals surface area contributed by atoms with Gasteiger partial charge < -0.3 is 48.8 Å². The number of hydrogen-bond donors (Lipinski definition) is 4. The SMILES string of the molecule is CCO[Si](CCCNC(=O)CCCCCOc1ccc(N=Nc2ccc(NC(=O)C(CCCCNC(=O)OC(C)(C)C)NC(=O)OC(C)(C)C)cc2)cc1)(OCC)OCC. The lowest BCUT2D eigenvalue weighted by atomic mass is 10.1. The predicted molar refractivity (Wildman–Crippen MR) is 234 cm³/mol. The monoisotopic (exact) mass is 858 g/mol. The van der Waals surface area contributed by atoms with Crippen molar-refractivity contribution in [1.29, 1.82) is 0 Å². The van der Waals surface area contributed by atoms with Crippen molar-refractivity contribution in [3.8, 4) is 5.75 Å². The highest BCUT2D eigenvalue weighted by molar-refractivity contribution is 6.60. The summed E-state index contributed by atoms with van der Waals surface area (Å²) in [4.78, 5) is 50.0. The highest BCUT2D eigenvalue weighted by Gasteiger charge is 2.39. The molecule has 4 N–H and O–H groups in total. The van der Waals surface area contributed by atoms with E-state index >= 15 is 0 Å². The number of anilines is 1. The third kappa shape index (κ3) is 23.3. The molecule has 4 amide bonds. The summed E-state index contributed by atoms with van der Waals surface area (Å²) in [5.74, 6) is 0.346. The lowest BCUT2D eigenvalue weighted by Gasteiger charge is -2.28. The van der Waals surface area contributed by atoms with E-state index in [0.717, 1.165) is 31.4 Å². The Morgan fingerprint density at radius 3 is 1.77 bits per heavy atom. The van der Waals surface area contributed by atoms with Crippen LogP contribution in [0.5, 0.6) is 5.75 Å². The maximum atomic E-state index is 13.3. The molecule has 336 valence electrons. The molecule has 2 rings (SSSR count). The van der Waals surface area contributed by atoms with Crippen LogP contribution < -0.4 is 26.0 Å². The minimum atomic E-state index is -2.69. The first-order chi connectivity index (χ1) is 28.5. The molecule has 16 nitrogen and oxygen atoms in total. The fraction of sp³-hybridized carbons (Fsp3) is 0.628. The van der Waals surface area contributed by atoms with Crippen LogP contribution in [0.15, 0.2) is 58.8 Å². The Kier molecular flexibility index (Phi) is 23.5. The number of benzene rings is 2. The Balaban J connectivity index is 1.76. The van der Waals surface area contributed by atoms with Crippen LogP contribution in [0.2, 0.25) is 6.04 Å². The molecule has 0 aliphatic carbocycles. The minimum absolute atomic E-state index is 0.0358. The molecule has 0 aliphatic heterocycles. The zero-order chi connectivity index (χ0) is 44.4. The Labute approximate surface area is 358 Å². The van der Waals surface area contributed by atoms with Crippen molar-refractivity contribution in [3.05, 3.63) is 48.5 Å². The molecule has 0 aliphatic rings. The summed E-state index contributed by atoms with van der Waals surface area (Å²) >= 11 is 0. The van der Waals surface area contributed by atoms with Crippen molar-refractivity contribution in [3.63, 3.8) is 0 Å². The third-order valence-corrected chi connectivity index (χ3v) is 11.4. The first kappa shape index (κ1) is 51.6. The molecule has 1 atom stereocenters. The third-order valence-electron chi connectivity index (χ3n) is 8.24. The molecule has 2 aromatic rings. The number of amides is 4. The topological polar surface area (TPSA) is 196 Å². The van der Waals surface area contributed by atoms with Crippen LogP contribution in [0, 0.1) is 0 Å². The number of unbranched alkanes of at least 4 members (excludes halogenated alkanes) is 3. The number of carbonyl (C=O) groups excluding carboxylic acids is 4.